The van der Waals surface area contributed by atoms with Crippen LogP contribution in [0.25, 0.3) is 0 Å². The van der Waals surface area contributed by atoms with Crippen molar-refractivity contribution in [1.82, 2.24) is 9.88 Å². The number of carbonyl (C=O) groups excluding carboxylic acids is 1. The van der Waals surface area contributed by atoms with Gasteiger partial charge in [0.05, 0.1) is 6.10 Å². The fraction of sp³-hybridized carbons (Fsp3) is 0.538. The molecule has 0 radical (unpaired) electrons. The summed E-state index contributed by atoms with van der Waals surface area (Å²) in [6.45, 7) is 3.13. The van der Waals surface area contributed by atoms with E-state index < -0.39 is 0 Å². The average molecular weight is 269 g/mol. The van der Waals surface area contributed by atoms with Gasteiger partial charge in [0.2, 0.25) is 0 Å². The van der Waals surface area contributed by atoms with Gasteiger partial charge in [0.25, 0.3) is 5.91 Å². The molecule has 0 aromatic carbocycles. The van der Waals surface area contributed by atoms with E-state index in [0.29, 0.717) is 17.3 Å². The van der Waals surface area contributed by atoms with E-state index in [1.54, 1.807) is 24.0 Å². The van der Waals surface area contributed by atoms with Crippen molar-refractivity contribution in [1.29, 1.82) is 0 Å². The van der Waals surface area contributed by atoms with Gasteiger partial charge in [-0.1, -0.05) is 11.6 Å². The Labute approximate surface area is 112 Å². The summed E-state index contributed by atoms with van der Waals surface area (Å²) in [6, 6.07) is 3.25. The molecule has 1 aliphatic rings. The fourth-order valence-electron chi connectivity index (χ4n) is 2.31. The highest BCUT2D eigenvalue weighted by molar-refractivity contribution is 6.29. The number of amides is 1. The third-order valence-electron chi connectivity index (χ3n) is 3.40. The Kier molecular flexibility index (Phi) is 4.19. The Morgan fingerprint density at radius 3 is 3.11 bits per heavy atom. The molecule has 2 unspecified atom stereocenters. The molecular weight excluding hydrogens is 252 g/mol. The van der Waals surface area contributed by atoms with Crippen molar-refractivity contribution in [2.75, 3.05) is 13.1 Å². The van der Waals surface area contributed by atoms with Crippen LogP contribution >= 0.6 is 11.6 Å². The number of piperidine rings is 1. The molecule has 5 heteroatoms. The minimum absolute atomic E-state index is 0.0374. The van der Waals surface area contributed by atoms with Gasteiger partial charge in [-0.3, -0.25) is 4.79 Å². The number of pyridine rings is 1. The SMILES string of the molecule is CC(O)C1CCCN(C(=O)c2ccnc(Cl)c2)C1. The molecule has 1 saturated heterocycles. The van der Waals surface area contributed by atoms with Crippen LogP contribution in [0.15, 0.2) is 18.3 Å². The predicted octanol–water partition coefficient (Wildman–Crippen LogP) is 1.97. The van der Waals surface area contributed by atoms with Crippen LogP contribution in [-0.2, 0) is 0 Å². The first-order chi connectivity index (χ1) is 8.58. The van der Waals surface area contributed by atoms with E-state index in [1.807, 2.05) is 0 Å². The quantitative estimate of drug-likeness (QED) is 0.835. The van der Waals surface area contributed by atoms with Gasteiger partial charge in [-0.15, -0.1) is 0 Å². The highest BCUT2D eigenvalue weighted by atomic mass is 35.5. The van der Waals surface area contributed by atoms with Gasteiger partial charge < -0.3 is 10.0 Å². The summed E-state index contributed by atoms with van der Waals surface area (Å²) < 4.78 is 0. The van der Waals surface area contributed by atoms with Gasteiger partial charge in [-0.2, -0.15) is 0 Å². The molecule has 98 valence electrons. The van der Waals surface area contributed by atoms with Crippen molar-refractivity contribution in [2.45, 2.75) is 25.9 Å². The van der Waals surface area contributed by atoms with E-state index in [0.717, 1.165) is 19.4 Å². The lowest BCUT2D eigenvalue weighted by molar-refractivity contribution is 0.0466. The third kappa shape index (κ3) is 3.00. The number of aliphatic hydroxyl groups is 1. The van der Waals surface area contributed by atoms with E-state index in [1.165, 1.54) is 6.20 Å². The summed E-state index contributed by atoms with van der Waals surface area (Å²) >= 11 is 5.79. The number of carbonyl (C=O) groups is 1. The Morgan fingerprint density at radius 2 is 2.44 bits per heavy atom. The summed E-state index contributed by atoms with van der Waals surface area (Å²) in [7, 11) is 0. The Balaban J connectivity index is 2.09. The minimum atomic E-state index is -0.373. The van der Waals surface area contributed by atoms with Crippen LogP contribution in [-0.4, -0.2) is 40.1 Å². The summed E-state index contributed by atoms with van der Waals surface area (Å²) in [4.78, 5) is 17.9. The molecule has 1 amide bonds. The van der Waals surface area contributed by atoms with Gasteiger partial charge in [-0.05, 0) is 31.9 Å². The molecule has 0 saturated carbocycles. The van der Waals surface area contributed by atoms with Crippen LogP contribution in [0.3, 0.4) is 0 Å². The zero-order valence-electron chi connectivity index (χ0n) is 10.3. The standard InChI is InChI=1S/C13H17ClN2O2/c1-9(17)11-3-2-6-16(8-11)13(18)10-4-5-15-12(14)7-10/h4-5,7,9,11,17H,2-3,6,8H2,1H3. The number of aliphatic hydroxyl groups excluding tert-OH is 1. The van der Waals surface area contributed by atoms with Crippen LogP contribution in [0.1, 0.15) is 30.1 Å². The zero-order chi connectivity index (χ0) is 13.1. The Hall–Kier alpha value is -1.13. The Bertz CT molecular complexity index is 437. The van der Waals surface area contributed by atoms with Crippen molar-refractivity contribution in [3.63, 3.8) is 0 Å². The minimum Gasteiger partial charge on any atom is -0.393 e. The van der Waals surface area contributed by atoms with E-state index in [2.05, 4.69) is 4.98 Å². The van der Waals surface area contributed by atoms with E-state index in [9.17, 15) is 9.90 Å². The Morgan fingerprint density at radius 1 is 1.67 bits per heavy atom. The second-order valence-electron chi connectivity index (χ2n) is 4.76. The lowest BCUT2D eigenvalue weighted by Crippen LogP contribution is -2.42. The number of rotatable bonds is 2. The highest BCUT2D eigenvalue weighted by Gasteiger charge is 2.27. The normalized spacial score (nSPS) is 21.7. The number of hydrogen-bond donors (Lipinski definition) is 1. The molecule has 0 bridgehead atoms. The van der Waals surface area contributed by atoms with Crippen molar-refractivity contribution in [3.8, 4) is 0 Å². The van der Waals surface area contributed by atoms with Crippen LogP contribution in [0.5, 0.6) is 0 Å². The largest absolute Gasteiger partial charge is 0.393 e. The smallest absolute Gasteiger partial charge is 0.254 e. The van der Waals surface area contributed by atoms with Gasteiger partial charge >= 0.3 is 0 Å². The summed E-state index contributed by atoms with van der Waals surface area (Å²) in [5, 5.41) is 9.95. The molecule has 1 fully saturated rings. The number of hydrogen-bond acceptors (Lipinski definition) is 3. The molecule has 1 aromatic heterocycles. The molecule has 18 heavy (non-hydrogen) atoms. The zero-order valence-corrected chi connectivity index (χ0v) is 11.1. The maximum absolute atomic E-state index is 12.3. The molecular formula is C13H17ClN2O2. The second kappa shape index (κ2) is 5.67. The average Bonchev–Trinajstić information content (AvgIpc) is 2.38. The van der Waals surface area contributed by atoms with Crippen molar-refractivity contribution in [3.05, 3.63) is 29.0 Å². The lowest BCUT2D eigenvalue weighted by Gasteiger charge is -2.34. The first-order valence-corrected chi connectivity index (χ1v) is 6.54. The van der Waals surface area contributed by atoms with Gasteiger partial charge in [0.1, 0.15) is 5.15 Å². The molecule has 0 spiro atoms. The summed E-state index contributed by atoms with van der Waals surface area (Å²) in [5.74, 6) is 0.129. The van der Waals surface area contributed by atoms with Crippen LogP contribution in [0.2, 0.25) is 5.15 Å². The van der Waals surface area contributed by atoms with Crippen molar-refractivity contribution in [2.24, 2.45) is 5.92 Å². The molecule has 2 heterocycles. The predicted molar refractivity (Wildman–Crippen MR) is 69.6 cm³/mol. The molecule has 1 aromatic rings. The van der Waals surface area contributed by atoms with E-state index in [4.69, 9.17) is 11.6 Å². The van der Waals surface area contributed by atoms with E-state index in [-0.39, 0.29) is 17.9 Å². The van der Waals surface area contributed by atoms with Gasteiger partial charge in [-0.25, -0.2) is 4.98 Å². The van der Waals surface area contributed by atoms with Gasteiger partial charge in [0.15, 0.2) is 0 Å². The summed E-state index contributed by atoms with van der Waals surface area (Å²) in [6.07, 6.45) is 3.06. The number of nitrogens with zero attached hydrogens (tertiary/aromatic N) is 2. The molecule has 1 aliphatic heterocycles. The summed E-state index contributed by atoms with van der Waals surface area (Å²) in [5.41, 5.74) is 0.557. The van der Waals surface area contributed by atoms with Crippen LogP contribution in [0.4, 0.5) is 0 Å². The van der Waals surface area contributed by atoms with Crippen LogP contribution in [0, 0.1) is 5.92 Å². The highest BCUT2D eigenvalue weighted by Crippen LogP contribution is 2.21. The number of aromatic nitrogens is 1. The topological polar surface area (TPSA) is 53.4 Å². The maximum Gasteiger partial charge on any atom is 0.254 e. The fourth-order valence-corrected chi connectivity index (χ4v) is 2.48. The number of likely N-dealkylation sites (tertiary alicyclic amines) is 1. The van der Waals surface area contributed by atoms with Gasteiger partial charge in [0, 0.05) is 30.8 Å². The lowest BCUT2D eigenvalue weighted by atomic mass is 9.93. The molecule has 1 N–H and O–H groups in total. The maximum atomic E-state index is 12.3. The third-order valence-corrected chi connectivity index (χ3v) is 3.61. The van der Waals surface area contributed by atoms with Crippen LogP contribution < -0.4 is 0 Å². The molecule has 2 rings (SSSR count). The second-order valence-corrected chi connectivity index (χ2v) is 5.15. The van der Waals surface area contributed by atoms with Crippen molar-refractivity contribution >= 4 is 17.5 Å². The first kappa shape index (κ1) is 13.3. The van der Waals surface area contributed by atoms with E-state index >= 15 is 0 Å². The van der Waals surface area contributed by atoms with Crippen molar-refractivity contribution < 1.29 is 9.90 Å². The molecule has 0 aliphatic carbocycles. The monoisotopic (exact) mass is 268 g/mol. The molecule has 4 nitrogen and oxygen atoms in total. The number of halogens is 1. The first-order valence-electron chi connectivity index (χ1n) is 6.17. The molecule has 2 atom stereocenters.